The number of benzene rings is 1. The first-order valence-electron chi connectivity index (χ1n) is 8.12. The number of rotatable bonds is 6. The second-order valence-electron chi connectivity index (χ2n) is 5.43. The molecular formula is C17H21N3O5. The van der Waals surface area contributed by atoms with Crippen molar-refractivity contribution in [2.24, 2.45) is 0 Å². The first-order valence-corrected chi connectivity index (χ1v) is 8.12. The van der Waals surface area contributed by atoms with Crippen LogP contribution in [0.4, 0.5) is 5.69 Å². The van der Waals surface area contributed by atoms with Gasteiger partial charge in [-0.25, -0.2) is 4.79 Å². The Kier molecular flexibility index (Phi) is 6.10. The van der Waals surface area contributed by atoms with Gasteiger partial charge in [0.2, 0.25) is 5.91 Å². The number of likely N-dealkylation sites (N-methyl/N-ethyl adjacent to an activating group) is 1. The Morgan fingerprint density at radius 2 is 1.72 bits per heavy atom. The fourth-order valence-electron chi connectivity index (χ4n) is 2.51. The normalized spacial score (nSPS) is 14.5. The van der Waals surface area contributed by atoms with Gasteiger partial charge in [-0.3, -0.25) is 14.4 Å². The molecule has 0 saturated carbocycles. The van der Waals surface area contributed by atoms with E-state index in [1.807, 2.05) is 0 Å². The summed E-state index contributed by atoms with van der Waals surface area (Å²) in [6.07, 6.45) is 0. The fraction of sp³-hybridized carbons (Fsp3) is 0.412. The summed E-state index contributed by atoms with van der Waals surface area (Å²) in [6.45, 7) is 4.60. The minimum Gasteiger partial charge on any atom is -0.462 e. The van der Waals surface area contributed by atoms with Gasteiger partial charge in [0.1, 0.15) is 6.54 Å². The minimum atomic E-state index is -0.693. The Bertz CT molecular complexity index is 689. The third kappa shape index (κ3) is 4.34. The molecule has 2 rings (SSSR count). The van der Waals surface area contributed by atoms with Crippen LogP contribution in [0.15, 0.2) is 24.3 Å². The zero-order chi connectivity index (χ0) is 18.4. The number of nitrogens with one attached hydrogen (secondary N) is 1. The Balaban J connectivity index is 2.03. The number of piperazine rings is 1. The number of carbonyl (C=O) groups is 4. The smallest absolute Gasteiger partial charge is 0.340 e. The average molecular weight is 347 g/mol. The molecule has 0 aromatic heterocycles. The number of carbonyl (C=O) groups excluding carboxylic acids is 4. The van der Waals surface area contributed by atoms with Crippen LogP contribution in [0.1, 0.15) is 24.2 Å². The molecule has 1 aliphatic rings. The van der Waals surface area contributed by atoms with E-state index in [4.69, 9.17) is 4.74 Å². The zero-order valence-electron chi connectivity index (χ0n) is 14.3. The van der Waals surface area contributed by atoms with E-state index in [2.05, 4.69) is 5.32 Å². The summed E-state index contributed by atoms with van der Waals surface area (Å²) in [5.74, 6) is -2.32. The molecule has 134 valence electrons. The molecule has 0 unspecified atom stereocenters. The molecule has 3 amide bonds. The minimum absolute atomic E-state index is 0.222. The molecular weight excluding hydrogens is 326 g/mol. The lowest BCUT2D eigenvalue weighted by Gasteiger charge is -2.32. The van der Waals surface area contributed by atoms with Gasteiger partial charge in [-0.2, -0.15) is 0 Å². The molecule has 8 nitrogen and oxygen atoms in total. The molecule has 1 aromatic rings. The van der Waals surface area contributed by atoms with E-state index in [9.17, 15) is 19.2 Å². The van der Waals surface area contributed by atoms with Crippen LogP contribution in [-0.4, -0.2) is 66.3 Å². The fourth-order valence-corrected chi connectivity index (χ4v) is 2.51. The molecule has 0 aliphatic carbocycles. The average Bonchev–Trinajstić information content (AvgIpc) is 2.60. The molecule has 1 N–H and O–H groups in total. The molecule has 0 atom stereocenters. The van der Waals surface area contributed by atoms with Gasteiger partial charge in [-0.15, -0.1) is 0 Å². The number of hydrogen-bond acceptors (Lipinski definition) is 5. The maximum Gasteiger partial charge on any atom is 0.340 e. The topological polar surface area (TPSA) is 96.0 Å². The number of anilines is 1. The molecule has 8 heteroatoms. The van der Waals surface area contributed by atoms with Crippen LogP contribution in [0, 0.1) is 0 Å². The quantitative estimate of drug-likeness (QED) is 0.597. The van der Waals surface area contributed by atoms with Crippen molar-refractivity contribution in [2.45, 2.75) is 13.8 Å². The van der Waals surface area contributed by atoms with Crippen molar-refractivity contribution >= 4 is 29.4 Å². The van der Waals surface area contributed by atoms with Crippen LogP contribution in [-0.2, 0) is 19.1 Å². The highest BCUT2D eigenvalue weighted by Gasteiger charge is 2.32. The van der Waals surface area contributed by atoms with Crippen molar-refractivity contribution in [3.8, 4) is 0 Å². The predicted octanol–water partition coefficient (Wildman–Crippen LogP) is 0.492. The summed E-state index contributed by atoms with van der Waals surface area (Å²) < 4.78 is 4.95. The molecule has 1 fully saturated rings. The monoisotopic (exact) mass is 347 g/mol. The van der Waals surface area contributed by atoms with Crippen LogP contribution in [0.3, 0.4) is 0 Å². The molecule has 1 saturated heterocycles. The maximum atomic E-state index is 12.2. The van der Waals surface area contributed by atoms with E-state index in [1.165, 1.54) is 9.80 Å². The van der Waals surface area contributed by atoms with Crippen LogP contribution in [0.5, 0.6) is 0 Å². The van der Waals surface area contributed by atoms with E-state index in [-0.39, 0.29) is 18.7 Å². The van der Waals surface area contributed by atoms with Gasteiger partial charge in [0.15, 0.2) is 0 Å². The van der Waals surface area contributed by atoms with Gasteiger partial charge in [0, 0.05) is 19.6 Å². The summed E-state index contributed by atoms with van der Waals surface area (Å²) in [4.78, 5) is 50.7. The van der Waals surface area contributed by atoms with Crippen molar-refractivity contribution in [3.63, 3.8) is 0 Å². The van der Waals surface area contributed by atoms with Crippen molar-refractivity contribution in [1.82, 2.24) is 9.80 Å². The van der Waals surface area contributed by atoms with E-state index >= 15 is 0 Å². The first kappa shape index (κ1) is 18.4. The summed E-state index contributed by atoms with van der Waals surface area (Å²) in [6, 6.07) is 6.45. The van der Waals surface area contributed by atoms with Crippen molar-refractivity contribution in [2.75, 3.05) is 38.1 Å². The molecule has 1 heterocycles. The third-order valence-electron chi connectivity index (χ3n) is 3.81. The van der Waals surface area contributed by atoms with Gasteiger partial charge in [0.05, 0.1) is 17.9 Å². The Hall–Kier alpha value is -2.90. The molecule has 0 bridgehead atoms. The number of nitrogens with zero attached hydrogens (tertiary/aromatic N) is 2. The predicted molar refractivity (Wildman–Crippen MR) is 89.9 cm³/mol. The molecule has 1 aliphatic heterocycles. The lowest BCUT2D eigenvalue weighted by atomic mass is 10.1. The van der Waals surface area contributed by atoms with Crippen LogP contribution in [0.2, 0.25) is 0 Å². The standard InChI is InChI=1S/C17H21N3O5/c1-3-19-9-10-20(16(23)15(19)22)11-14(21)18-13-8-6-5-7-12(13)17(24)25-4-2/h5-8H,3-4,9-11H2,1-2H3,(H,18,21). The summed E-state index contributed by atoms with van der Waals surface area (Å²) in [5.41, 5.74) is 0.535. The highest BCUT2D eigenvalue weighted by atomic mass is 16.5. The lowest BCUT2D eigenvalue weighted by Crippen LogP contribution is -2.55. The van der Waals surface area contributed by atoms with Gasteiger partial charge in [0.25, 0.3) is 0 Å². The number of ether oxygens (including phenoxy) is 1. The highest BCUT2D eigenvalue weighted by Crippen LogP contribution is 2.16. The number of para-hydroxylation sites is 1. The van der Waals surface area contributed by atoms with Crippen molar-refractivity contribution in [3.05, 3.63) is 29.8 Å². The summed E-state index contributed by atoms with van der Waals surface area (Å²) >= 11 is 0. The molecule has 0 spiro atoms. The Morgan fingerprint density at radius 1 is 1.08 bits per heavy atom. The van der Waals surface area contributed by atoms with Crippen LogP contribution >= 0.6 is 0 Å². The summed E-state index contributed by atoms with van der Waals surface area (Å²) in [5, 5.41) is 2.60. The van der Waals surface area contributed by atoms with Crippen LogP contribution in [0.25, 0.3) is 0 Å². The molecule has 1 aromatic carbocycles. The summed E-state index contributed by atoms with van der Waals surface area (Å²) in [7, 11) is 0. The van der Waals surface area contributed by atoms with Crippen LogP contribution < -0.4 is 5.32 Å². The van der Waals surface area contributed by atoms with Gasteiger partial charge >= 0.3 is 17.8 Å². The first-order chi connectivity index (χ1) is 12.0. The largest absolute Gasteiger partial charge is 0.462 e. The number of esters is 1. The molecule has 25 heavy (non-hydrogen) atoms. The second-order valence-corrected chi connectivity index (χ2v) is 5.43. The van der Waals surface area contributed by atoms with Crippen molar-refractivity contribution < 1.29 is 23.9 Å². The second kappa shape index (κ2) is 8.27. The van der Waals surface area contributed by atoms with Gasteiger partial charge in [-0.1, -0.05) is 12.1 Å². The van der Waals surface area contributed by atoms with Gasteiger partial charge < -0.3 is 19.9 Å². The SMILES string of the molecule is CCOC(=O)c1ccccc1NC(=O)CN1CCN(CC)C(=O)C1=O. The highest BCUT2D eigenvalue weighted by molar-refractivity contribution is 6.35. The third-order valence-corrected chi connectivity index (χ3v) is 3.81. The van der Waals surface area contributed by atoms with E-state index in [1.54, 1.807) is 38.1 Å². The zero-order valence-corrected chi connectivity index (χ0v) is 14.3. The van der Waals surface area contributed by atoms with E-state index < -0.39 is 23.7 Å². The lowest BCUT2D eigenvalue weighted by molar-refractivity contribution is -0.156. The molecule has 0 radical (unpaired) electrons. The number of hydrogen-bond donors (Lipinski definition) is 1. The number of amides is 3. The van der Waals surface area contributed by atoms with Crippen molar-refractivity contribution in [1.29, 1.82) is 0 Å². The van der Waals surface area contributed by atoms with E-state index in [0.717, 1.165) is 0 Å². The Labute approximate surface area is 145 Å². The maximum absolute atomic E-state index is 12.2. The Morgan fingerprint density at radius 3 is 2.40 bits per heavy atom. The van der Waals surface area contributed by atoms with Gasteiger partial charge in [-0.05, 0) is 26.0 Å². The van der Waals surface area contributed by atoms with E-state index in [0.29, 0.717) is 25.3 Å².